The second kappa shape index (κ2) is 5.93. The van der Waals surface area contributed by atoms with Gasteiger partial charge in [0.2, 0.25) is 0 Å². The first-order valence-electron chi connectivity index (χ1n) is 7.10. The average molecular weight is 298 g/mol. The minimum absolute atomic E-state index is 0.157. The Morgan fingerprint density at radius 3 is 3.09 bits per heavy atom. The molecule has 2 heterocycles. The fraction of sp³-hybridized carbons (Fsp3) is 0.250. The third kappa shape index (κ3) is 2.67. The number of H-pyrrole nitrogens is 1. The molecule has 2 N–H and O–H groups in total. The van der Waals surface area contributed by atoms with Crippen LogP contribution in [0.25, 0.3) is 11.6 Å². The van der Waals surface area contributed by atoms with Crippen molar-refractivity contribution in [2.75, 3.05) is 25.6 Å². The third-order valence-electron chi connectivity index (χ3n) is 3.69. The first kappa shape index (κ1) is 14.2. The topological polar surface area (TPSA) is 70.2 Å². The monoisotopic (exact) mass is 298 g/mol. The molecule has 1 aromatic carbocycles. The van der Waals surface area contributed by atoms with Crippen LogP contribution in [0.4, 0.5) is 10.5 Å². The van der Waals surface area contributed by atoms with Gasteiger partial charge in [0, 0.05) is 31.8 Å². The van der Waals surface area contributed by atoms with Gasteiger partial charge in [0.15, 0.2) is 0 Å². The van der Waals surface area contributed by atoms with E-state index in [-0.39, 0.29) is 6.03 Å². The normalized spacial score (nSPS) is 15.1. The second-order valence-electron chi connectivity index (χ2n) is 5.07. The molecule has 0 radical (unpaired) electrons. The van der Waals surface area contributed by atoms with Gasteiger partial charge in [-0.1, -0.05) is 0 Å². The predicted octanol–water partition coefficient (Wildman–Crippen LogP) is 2.51. The van der Waals surface area contributed by atoms with Crippen molar-refractivity contribution in [1.82, 2.24) is 15.3 Å². The molecule has 1 aliphatic heterocycles. The van der Waals surface area contributed by atoms with Crippen molar-refractivity contribution in [3.8, 4) is 5.75 Å². The van der Waals surface area contributed by atoms with Gasteiger partial charge in [-0.05, 0) is 29.8 Å². The number of nitrogens with one attached hydrogen (secondary N) is 2. The van der Waals surface area contributed by atoms with Gasteiger partial charge >= 0.3 is 6.03 Å². The van der Waals surface area contributed by atoms with Gasteiger partial charge in [-0.2, -0.15) is 0 Å². The van der Waals surface area contributed by atoms with Gasteiger partial charge in [0.05, 0.1) is 24.8 Å². The number of amides is 2. The van der Waals surface area contributed by atoms with E-state index in [1.165, 1.54) is 0 Å². The quantitative estimate of drug-likeness (QED) is 0.895. The van der Waals surface area contributed by atoms with Crippen LogP contribution in [0.5, 0.6) is 5.75 Å². The van der Waals surface area contributed by atoms with Crippen molar-refractivity contribution in [3.63, 3.8) is 0 Å². The molecule has 0 aliphatic carbocycles. The highest BCUT2D eigenvalue weighted by Crippen LogP contribution is 2.36. The lowest BCUT2D eigenvalue weighted by molar-refractivity contribution is 0.249. The van der Waals surface area contributed by atoms with E-state index in [1.807, 2.05) is 18.2 Å². The highest BCUT2D eigenvalue weighted by atomic mass is 16.5. The molecule has 22 heavy (non-hydrogen) atoms. The number of carbonyl (C=O) groups is 1. The van der Waals surface area contributed by atoms with Crippen molar-refractivity contribution >= 4 is 23.4 Å². The number of hydrogen-bond acceptors (Lipinski definition) is 3. The number of aromatic nitrogens is 2. The van der Waals surface area contributed by atoms with Crippen LogP contribution in [0.15, 0.2) is 30.7 Å². The molecular weight excluding hydrogens is 280 g/mol. The summed E-state index contributed by atoms with van der Waals surface area (Å²) in [5, 5.41) is 2.62. The van der Waals surface area contributed by atoms with E-state index in [9.17, 15) is 4.79 Å². The Bertz CT molecular complexity index is 707. The molecule has 114 valence electrons. The van der Waals surface area contributed by atoms with Crippen LogP contribution in [-0.2, 0) is 0 Å². The molecular formula is C16H18N4O2. The highest BCUT2D eigenvalue weighted by Gasteiger charge is 2.18. The van der Waals surface area contributed by atoms with E-state index in [0.717, 1.165) is 34.7 Å². The third-order valence-corrected chi connectivity index (χ3v) is 3.69. The number of aromatic amines is 1. The Kier molecular flexibility index (Phi) is 3.82. The van der Waals surface area contributed by atoms with Gasteiger partial charge < -0.3 is 15.0 Å². The van der Waals surface area contributed by atoms with Crippen molar-refractivity contribution in [2.24, 2.45) is 0 Å². The number of benzene rings is 1. The zero-order chi connectivity index (χ0) is 15.5. The number of ether oxygens (including phenoxy) is 1. The molecule has 3 rings (SSSR count). The first-order valence-corrected chi connectivity index (χ1v) is 7.10. The Morgan fingerprint density at radius 2 is 2.36 bits per heavy atom. The van der Waals surface area contributed by atoms with Gasteiger partial charge in [-0.25, -0.2) is 9.78 Å². The first-order chi connectivity index (χ1) is 10.7. The van der Waals surface area contributed by atoms with E-state index in [0.29, 0.717) is 6.61 Å². The van der Waals surface area contributed by atoms with Crippen LogP contribution >= 0.6 is 0 Å². The molecule has 0 unspecified atom stereocenters. The summed E-state index contributed by atoms with van der Waals surface area (Å²) in [5.41, 5.74) is 3.94. The van der Waals surface area contributed by atoms with Crippen molar-refractivity contribution in [3.05, 3.63) is 42.0 Å². The van der Waals surface area contributed by atoms with Crippen LogP contribution in [0.2, 0.25) is 0 Å². The smallest absolute Gasteiger partial charge is 0.321 e. The molecule has 2 aromatic rings. The number of fused-ring (bicyclic) bond motifs is 1. The summed E-state index contributed by atoms with van der Waals surface area (Å²) in [5.74, 6) is 0.839. The van der Waals surface area contributed by atoms with Crippen molar-refractivity contribution < 1.29 is 9.53 Å². The lowest BCUT2D eigenvalue weighted by Gasteiger charge is -2.23. The summed E-state index contributed by atoms with van der Waals surface area (Å²) in [6, 6.07) is 5.61. The van der Waals surface area contributed by atoms with Crippen LogP contribution in [0.3, 0.4) is 0 Å². The molecule has 1 aliphatic rings. The molecule has 1 aromatic heterocycles. The molecule has 0 atom stereocenters. The van der Waals surface area contributed by atoms with E-state index < -0.39 is 0 Å². The molecule has 2 amide bonds. The molecule has 0 saturated heterocycles. The average Bonchev–Trinajstić information content (AvgIpc) is 3.06. The molecule has 0 saturated carbocycles. The fourth-order valence-corrected chi connectivity index (χ4v) is 2.48. The largest absolute Gasteiger partial charge is 0.493 e. The maximum Gasteiger partial charge on any atom is 0.321 e. The SMILES string of the molecule is CNC(=O)N(C)c1ccc2c(c1)/C(=C\c1cnc[nH]1)CCO2. The highest BCUT2D eigenvalue weighted by molar-refractivity contribution is 5.93. The summed E-state index contributed by atoms with van der Waals surface area (Å²) >= 11 is 0. The van der Waals surface area contributed by atoms with E-state index in [4.69, 9.17) is 4.74 Å². The summed E-state index contributed by atoms with van der Waals surface area (Å²) in [7, 11) is 3.35. The number of anilines is 1. The lowest BCUT2D eigenvalue weighted by atomic mass is 9.98. The summed E-state index contributed by atoms with van der Waals surface area (Å²) in [4.78, 5) is 20.5. The van der Waals surface area contributed by atoms with Crippen LogP contribution < -0.4 is 15.0 Å². The minimum Gasteiger partial charge on any atom is -0.493 e. The molecule has 0 spiro atoms. The Balaban J connectivity index is 2.00. The number of imidazole rings is 1. The molecule has 6 nitrogen and oxygen atoms in total. The number of nitrogens with zero attached hydrogens (tertiary/aromatic N) is 2. The second-order valence-corrected chi connectivity index (χ2v) is 5.07. The summed E-state index contributed by atoms with van der Waals surface area (Å²) in [6.45, 7) is 0.650. The number of urea groups is 1. The van der Waals surface area contributed by atoms with Crippen molar-refractivity contribution in [2.45, 2.75) is 6.42 Å². The summed E-state index contributed by atoms with van der Waals surface area (Å²) < 4.78 is 5.71. The van der Waals surface area contributed by atoms with Gasteiger partial charge in [0.25, 0.3) is 0 Å². The fourth-order valence-electron chi connectivity index (χ4n) is 2.48. The van der Waals surface area contributed by atoms with E-state index in [2.05, 4.69) is 21.4 Å². The Labute approximate surface area is 128 Å². The number of rotatable bonds is 2. The standard InChI is InChI=1S/C16H18N4O2/c1-17-16(21)20(2)13-3-4-15-14(8-13)11(5-6-22-15)7-12-9-18-10-19-12/h3-4,7-10H,5-6H2,1-2H3,(H,17,21)(H,18,19)/b11-7-. The minimum atomic E-state index is -0.157. The zero-order valence-electron chi connectivity index (χ0n) is 12.6. The van der Waals surface area contributed by atoms with Gasteiger partial charge in [-0.15, -0.1) is 0 Å². The van der Waals surface area contributed by atoms with Crippen LogP contribution in [0.1, 0.15) is 17.7 Å². The summed E-state index contributed by atoms with van der Waals surface area (Å²) in [6.07, 6.45) is 6.32. The maximum atomic E-state index is 11.8. The van der Waals surface area contributed by atoms with Crippen LogP contribution in [-0.4, -0.2) is 36.7 Å². The molecule has 0 fully saturated rings. The number of carbonyl (C=O) groups excluding carboxylic acids is 1. The van der Waals surface area contributed by atoms with E-state index >= 15 is 0 Å². The number of hydrogen-bond donors (Lipinski definition) is 2. The van der Waals surface area contributed by atoms with Crippen molar-refractivity contribution in [1.29, 1.82) is 0 Å². The Morgan fingerprint density at radius 1 is 1.50 bits per heavy atom. The zero-order valence-corrected chi connectivity index (χ0v) is 12.6. The van der Waals surface area contributed by atoms with Gasteiger partial charge in [-0.3, -0.25) is 4.90 Å². The Hall–Kier alpha value is -2.76. The van der Waals surface area contributed by atoms with Gasteiger partial charge in [0.1, 0.15) is 5.75 Å². The maximum absolute atomic E-state index is 11.8. The molecule has 0 bridgehead atoms. The van der Waals surface area contributed by atoms with E-state index in [1.54, 1.807) is 31.5 Å². The molecule has 6 heteroatoms. The predicted molar refractivity (Wildman–Crippen MR) is 85.9 cm³/mol. The lowest BCUT2D eigenvalue weighted by Crippen LogP contribution is -2.34. The van der Waals surface area contributed by atoms with Crippen LogP contribution in [0, 0.1) is 0 Å².